The first-order chi connectivity index (χ1) is 8.25. The highest BCUT2D eigenvalue weighted by Crippen LogP contribution is 2.31. The zero-order chi connectivity index (χ0) is 11.7. The summed E-state index contributed by atoms with van der Waals surface area (Å²) >= 11 is 1.73. The number of hydrogen-bond donors (Lipinski definition) is 1. The van der Waals surface area contributed by atoms with Crippen LogP contribution in [0.25, 0.3) is 10.2 Å². The molecule has 0 unspecified atom stereocenters. The maximum absolute atomic E-state index is 5.40. The summed E-state index contributed by atoms with van der Waals surface area (Å²) in [6.07, 6.45) is 2.09. The van der Waals surface area contributed by atoms with Crippen molar-refractivity contribution < 1.29 is 4.74 Å². The lowest BCUT2D eigenvalue weighted by Crippen LogP contribution is -2.40. The second-order valence-corrected chi connectivity index (χ2v) is 5.82. The Balaban J connectivity index is 1.84. The average molecular weight is 248 g/mol. The summed E-state index contributed by atoms with van der Waals surface area (Å²) in [5.41, 5.74) is 1.21. The van der Waals surface area contributed by atoms with Crippen LogP contribution in [-0.2, 0) is 4.74 Å². The fourth-order valence-corrected chi connectivity index (χ4v) is 3.15. The van der Waals surface area contributed by atoms with Crippen molar-refractivity contribution in [3.05, 3.63) is 24.3 Å². The van der Waals surface area contributed by atoms with Gasteiger partial charge in [0.1, 0.15) is 0 Å². The molecule has 0 radical (unpaired) electrons. The summed E-state index contributed by atoms with van der Waals surface area (Å²) in [6.45, 7) is 3.93. The van der Waals surface area contributed by atoms with Crippen molar-refractivity contribution in [2.24, 2.45) is 0 Å². The number of rotatable bonds is 2. The summed E-state index contributed by atoms with van der Waals surface area (Å²) in [4.78, 5) is 4.62. The summed E-state index contributed by atoms with van der Waals surface area (Å²) in [5.74, 6) is 0. The Morgan fingerprint density at radius 3 is 2.82 bits per heavy atom. The molecule has 0 aliphatic carbocycles. The Kier molecular flexibility index (Phi) is 2.76. The Labute approximate surface area is 105 Å². The molecule has 3 nitrogen and oxygen atoms in total. The monoisotopic (exact) mass is 248 g/mol. The maximum Gasteiger partial charge on any atom is 0.184 e. The third kappa shape index (κ3) is 2.28. The molecule has 1 fully saturated rings. The van der Waals surface area contributed by atoms with Crippen LogP contribution in [0.5, 0.6) is 0 Å². The van der Waals surface area contributed by atoms with Crippen molar-refractivity contribution in [3.63, 3.8) is 0 Å². The topological polar surface area (TPSA) is 34.2 Å². The molecular weight excluding hydrogens is 232 g/mol. The maximum atomic E-state index is 5.40. The predicted molar refractivity (Wildman–Crippen MR) is 71.7 cm³/mol. The van der Waals surface area contributed by atoms with E-state index in [1.807, 2.05) is 6.07 Å². The molecule has 1 N–H and O–H groups in total. The minimum atomic E-state index is 0.131. The normalized spacial score (nSPS) is 19.4. The van der Waals surface area contributed by atoms with Crippen molar-refractivity contribution in [1.82, 2.24) is 4.98 Å². The molecule has 0 atom stereocenters. The molecule has 0 saturated carbocycles. The number of aromatic nitrogens is 1. The van der Waals surface area contributed by atoms with Gasteiger partial charge in [0.15, 0.2) is 5.13 Å². The molecule has 4 heteroatoms. The summed E-state index contributed by atoms with van der Waals surface area (Å²) in [5, 5.41) is 4.60. The first-order valence-electron chi connectivity index (χ1n) is 5.97. The number of nitrogens with zero attached hydrogens (tertiary/aromatic N) is 1. The van der Waals surface area contributed by atoms with E-state index in [9.17, 15) is 0 Å². The zero-order valence-corrected chi connectivity index (χ0v) is 10.7. The van der Waals surface area contributed by atoms with Gasteiger partial charge in [-0.2, -0.15) is 0 Å². The summed E-state index contributed by atoms with van der Waals surface area (Å²) in [6, 6.07) is 8.26. The molecule has 1 aliphatic rings. The summed E-state index contributed by atoms with van der Waals surface area (Å²) < 4.78 is 6.65. The van der Waals surface area contributed by atoms with Gasteiger partial charge in [0, 0.05) is 18.8 Å². The van der Waals surface area contributed by atoms with Gasteiger partial charge >= 0.3 is 0 Å². The Morgan fingerprint density at radius 1 is 1.29 bits per heavy atom. The van der Waals surface area contributed by atoms with E-state index in [0.29, 0.717) is 0 Å². The van der Waals surface area contributed by atoms with E-state index in [-0.39, 0.29) is 5.54 Å². The standard InChI is InChI=1S/C13H16N2OS/c1-13(6-8-16-9-7-13)15-12-14-10-4-2-3-5-11(10)17-12/h2-5H,6-9H2,1H3,(H,14,15). The van der Waals surface area contributed by atoms with Crippen LogP contribution in [-0.4, -0.2) is 23.7 Å². The van der Waals surface area contributed by atoms with Crippen molar-refractivity contribution in [3.8, 4) is 0 Å². The molecule has 90 valence electrons. The zero-order valence-electron chi connectivity index (χ0n) is 9.90. The highest BCUT2D eigenvalue weighted by Gasteiger charge is 2.27. The molecule has 3 rings (SSSR count). The number of thiazole rings is 1. The molecule has 2 heterocycles. The highest BCUT2D eigenvalue weighted by molar-refractivity contribution is 7.22. The number of para-hydroxylation sites is 1. The summed E-state index contributed by atoms with van der Waals surface area (Å²) in [7, 11) is 0. The van der Waals surface area contributed by atoms with E-state index in [2.05, 4.69) is 35.4 Å². The lowest BCUT2D eigenvalue weighted by Gasteiger charge is -2.34. The number of anilines is 1. The van der Waals surface area contributed by atoms with E-state index < -0.39 is 0 Å². The molecule has 1 aromatic carbocycles. The fourth-order valence-electron chi connectivity index (χ4n) is 2.13. The minimum absolute atomic E-state index is 0.131. The van der Waals surface area contributed by atoms with Crippen LogP contribution in [0.3, 0.4) is 0 Å². The van der Waals surface area contributed by atoms with Crippen molar-refractivity contribution >= 4 is 26.7 Å². The van der Waals surface area contributed by atoms with Crippen LogP contribution in [0, 0.1) is 0 Å². The lowest BCUT2D eigenvalue weighted by molar-refractivity contribution is 0.0658. The minimum Gasteiger partial charge on any atom is -0.381 e. The lowest BCUT2D eigenvalue weighted by atomic mass is 9.93. The molecule has 1 aromatic heterocycles. The predicted octanol–water partition coefficient (Wildman–Crippen LogP) is 3.28. The van der Waals surface area contributed by atoms with Crippen LogP contribution in [0.2, 0.25) is 0 Å². The van der Waals surface area contributed by atoms with Gasteiger partial charge in [-0.3, -0.25) is 0 Å². The highest BCUT2D eigenvalue weighted by atomic mass is 32.1. The fraction of sp³-hybridized carbons (Fsp3) is 0.462. The largest absolute Gasteiger partial charge is 0.381 e. The van der Waals surface area contributed by atoms with E-state index in [1.165, 1.54) is 4.70 Å². The molecule has 2 aromatic rings. The van der Waals surface area contributed by atoms with E-state index in [1.54, 1.807) is 11.3 Å². The second kappa shape index (κ2) is 4.27. The third-order valence-electron chi connectivity index (χ3n) is 3.30. The Bertz CT molecular complexity index is 484. The number of fused-ring (bicyclic) bond motifs is 1. The van der Waals surface area contributed by atoms with E-state index in [0.717, 1.165) is 36.7 Å². The Morgan fingerprint density at radius 2 is 2.06 bits per heavy atom. The van der Waals surface area contributed by atoms with Crippen molar-refractivity contribution in [1.29, 1.82) is 0 Å². The van der Waals surface area contributed by atoms with Gasteiger partial charge in [0.2, 0.25) is 0 Å². The number of nitrogens with one attached hydrogen (secondary N) is 1. The molecule has 0 bridgehead atoms. The number of benzene rings is 1. The van der Waals surface area contributed by atoms with Crippen LogP contribution in [0.4, 0.5) is 5.13 Å². The second-order valence-electron chi connectivity index (χ2n) is 4.78. The van der Waals surface area contributed by atoms with Gasteiger partial charge in [-0.15, -0.1) is 0 Å². The van der Waals surface area contributed by atoms with E-state index in [4.69, 9.17) is 4.74 Å². The van der Waals surface area contributed by atoms with Crippen molar-refractivity contribution in [2.75, 3.05) is 18.5 Å². The van der Waals surface area contributed by atoms with E-state index >= 15 is 0 Å². The van der Waals surface area contributed by atoms with Crippen LogP contribution in [0.1, 0.15) is 19.8 Å². The van der Waals surface area contributed by atoms with Gasteiger partial charge in [0.25, 0.3) is 0 Å². The quantitative estimate of drug-likeness (QED) is 0.885. The van der Waals surface area contributed by atoms with Gasteiger partial charge in [-0.25, -0.2) is 4.98 Å². The van der Waals surface area contributed by atoms with Gasteiger partial charge < -0.3 is 10.1 Å². The molecule has 0 amide bonds. The molecule has 1 saturated heterocycles. The first kappa shape index (κ1) is 11.0. The molecular formula is C13H16N2OS. The SMILES string of the molecule is CC1(Nc2nc3ccccc3s2)CCOCC1. The smallest absolute Gasteiger partial charge is 0.184 e. The van der Waals surface area contributed by atoms with Crippen LogP contribution >= 0.6 is 11.3 Å². The van der Waals surface area contributed by atoms with Gasteiger partial charge in [-0.05, 0) is 31.9 Å². The number of hydrogen-bond acceptors (Lipinski definition) is 4. The molecule has 1 aliphatic heterocycles. The first-order valence-corrected chi connectivity index (χ1v) is 6.78. The molecule has 17 heavy (non-hydrogen) atoms. The molecule has 0 spiro atoms. The van der Waals surface area contributed by atoms with Crippen LogP contribution in [0.15, 0.2) is 24.3 Å². The van der Waals surface area contributed by atoms with Gasteiger partial charge in [0.05, 0.1) is 10.2 Å². The van der Waals surface area contributed by atoms with Crippen LogP contribution < -0.4 is 5.32 Å². The van der Waals surface area contributed by atoms with Crippen molar-refractivity contribution in [2.45, 2.75) is 25.3 Å². The average Bonchev–Trinajstić information content (AvgIpc) is 2.71. The Hall–Kier alpha value is -1.13. The number of ether oxygens (including phenoxy) is 1. The third-order valence-corrected chi connectivity index (χ3v) is 4.25. The van der Waals surface area contributed by atoms with Gasteiger partial charge in [-0.1, -0.05) is 23.5 Å².